The van der Waals surface area contributed by atoms with Crippen LogP contribution in [0.2, 0.25) is 0 Å². The van der Waals surface area contributed by atoms with Crippen LogP contribution < -0.4 is 5.32 Å². The van der Waals surface area contributed by atoms with Crippen molar-refractivity contribution in [1.29, 1.82) is 0 Å². The maximum absolute atomic E-state index is 12.3. The summed E-state index contributed by atoms with van der Waals surface area (Å²) in [7, 11) is 0. The van der Waals surface area contributed by atoms with Gasteiger partial charge in [-0.3, -0.25) is 5.21 Å². The molecule has 2 amide bonds. The quantitative estimate of drug-likeness (QED) is 0.225. The zero-order valence-electron chi connectivity index (χ0n) is 15.0. The number of rotatable bonds is 6. The first kappa shape index (κ1) is 20.5. The maximum Gasteiger partial charge on any atom is 0.343 e. The Morgan fingerprint density at radius 3 is 2.85 bits per heavy atom. The lowest BCUT2D eigenvalue weighted by molar-refractivity contribution is -0.118. The number of hydrogen-bond donors (Lipinski definition) is 3. The molecule has 0 saturated carbocycles. The fourth-order valence-electron chi connectivity index (χ4n) is 2.51. The molecule has 0 aliphatic carbocycles. The lowest BCUT2D eigenvalue weighted by atomic mass is 10.1. The van der Waals surface area contributed by atoms with Crippen LogP contribution in [-0.2, 0) is 0 Å². The van der Waals surface area contributed by atoms with Crippen LogP contribution in [0.15, 0.2) is 29.4 Å². The molecule has 1 aliphatic heterocycles. The highest BCUT2D eigenvalue weighted by atomic mass is 32.2. The molecule has 1 aromatic carbocycles. The van der Waals surface area contributed by atoms with E-state index < -0.39 is 16.9 Å². The topological polar surface area (TPSA) is 88.4 Å². The third-order valence-electron chi connectivity index (χ3n) is 3.90. The number of benzene rings is 1. The van der Waals surface area contributed by atoms with Crippen molar-refractivity contribution in [3.63, 3.8) is 0 Å². The van der Waals surface area contributed by atoms with Crippen molar-refractivity contribution in [2.75, 3.05) is 6.54 Å². The highest BCUT2D eigenvalue weighted by molar-refractivity contribution is 8.24. The average Bonchev–Trinajstić information content (AvgIpc) is 2.81. The van der Waals surface area contributed by atoms with Crippen LogP contribution in [-0.4, -0.2) is 54.4 Å². The minimum atomic E-state index is -0.774. The number of thioether (sulfide) groups is 1. The Hall–Kier alpha value is -1.84. The van der Waals surface area contributed by atoms with Gasteiger partial charge in [0.15, 0.2) is 10.5 Å². The van der Waals surface area contributed by atoms with Gasteiger partial charge in [-0.05, 0) is 32.4 Å². The van der Waals surface area contributed by atoms with E-state index >= 15 is 0 Å². The van der Waals surface area contributed by atoms with Crippen molar-refractivity contribution >= 4 is 40.5 Å². The summed E-state index contributed by atoms with van der Waals surface area (Å²) in [6, 6.07) is 6.16. The Morgan fingerprint density at radius 1 is 1.50 bits per heavy atom. The SMILES string of the molecule is CCCCNC(=O)N(O)[C@@H]1N(/N=C/c2ccccc2O)C(=S)SC1(C)C. The second kappa shape index (κ2) is 8.70. The minimum Gasteiger partial charge on any atom is -0.507 e. The highest BCUT2D eigenvalue weighted by Gasteiger charge is 2.49. The van der Waals surface area contributed by atoms with Gasteiger partial charge in [0.25, 0.3) is 0 Å². The molecule has 1 aromatic rings. The van der Waals surface area contributed by atoms with E-state index in [2.05, 4.69) is 10.4 Å². The molecule has 1 fully saturated rings. The predicted molar refractivity (Wildman–Crippen MR) is 108 cm³/mol. The summed E-state index contributed by atoms with van der Waals surface area (Å²) in [4.78, 5) is 12.3. The van der Waals surface area contributed by atoms with Gasteiger partial charge in [-0.2, -0.15) is 10.2 Å². The summed E-state index contributed by atoms with van der Waals surface area (Å²) in [5.74, 6) is 0.0861. The molecule has 0 radical (unpaired) electrons. The number of hydrogen-bond acceptors (Lipinski definition) is 6. The minimum absolute atomic E-state index is 0.0861. The smallest absolute Gasteiger partial charge is 0.343 e. The van der Waals surface area contributed by atoms with Gasteiger partial charge in [-0.1, -0.05) is 49.5 Å². The van der Waals surface area contributed by atoms with Crippen LogP contribution in [0.4, 0.5) is 4.79 Å². The zero-order valence-corrected chi connectivity index (χ0v) is 16.7. The van der Waals surface area contributed by atoms with Gasteiger partial charge in [-0.25, -0.2) is 9.80 Å². The molecule has 142 valence electrons. The molecule has 1 aliphatic rings. The van der Waals surface area contributed by atoms with Crippen molar-refractivity contribution in [3.8, 4) is 5.75 Å². The Kier molecular flexibility index (Phi) is 6.85. The summed E-state index contributed by atoms with van der Waals surface area (Å²) in [6.07, 6.45) is 2.45. The largest absolute Gasteiger partial charge is 0.507 e. The number of hydroxylamine groups is 2. The Bertz CT molecular complexity index is 696. The molecule has 9 heteroatoms. The first-order valence-corrected chi connectivity index (χ1v) is 9.60. The molecule has 1 heterocycles. The second-order valence-corrected chi connectivity index (χ2v) is 8.71. The molecule has 1 saturated heterocycles. The fraction of sp³-hybridized carbons (Fsp3) is 0.471. The van der Waals surface area contributed by atoms with Crippen molar-refractivity contribution in [1.82, 2.24) is 15.4 Å². The summed E-state index contributed by atoms with van der Waals surface area (Å²) in [6.45, 7) is 6.27. The van der Waals surface area contributed by atoms with E-state index in [1.165, 1.54) is 23.0 Å². The number of thiocarbonyl (C=S) groups is 1. The van der Waals surface area contributed by atoms with E-state index in [0.717, 1.165) is 12.8 Å². The van der Waals surface area contributed by atoms with E-state index in [1.54, 1.807) is 24.3 Å². The number of unbranched alkanes of at least 4 members (excludes halogenated alkanes) is 1. The monoisotopic (exact) mass is 396 g/mol. The van der Waals surface area contributed by atoms with Crippen molar-refractivity contribution in [2.24, 2.45) is 5.10 Å². The van der Waals surface area contributed by atoms with Gasteiger partial charge in [-0.15, -0.1) is 0 Å². The van der Waals surface area contributed by atoms with Gasteiger partial charge < -0.3 is 10.4 Å². The van der Waals surface area contributed by atoms with Crippen LogP contribution in [0.3, 0.4) is 0 Å². The van der Waals surface area contributed by atoms with Crippen LogP contribution in [0.25, 0.3) is 0 Å². The summed E-state index contributed by atoms with van der Waals surface area (Å²) >= 11 is 6.72. The van der Waals surface area contributed by atoms with Crippen LogP contribution in [0.5, 0.6) is 5.75 Å². The number of carbonyl (C=O) groups excluding carboxylic acids is 1. The number of amides is 2. The van der Waals surface area contributed by atoms with Crippen molar-refractivity contribution in [2.45, 2.75) is 44.5 Å². The average molecular weight is 397 g/mol. The number of phenols is 1. The van der Waals surface area contributed by atoms with Gasteiger partial charge in [0.1, 0.15) is 5.75 Å². The molecule has 3 N–H and O–H groups in total. The van der Waals surface area contributed by atoms with Crippen molar-refractivity contribution in [3.05, 3.63) is 29.8 Å². The Balaban J connectivity index is 2.21. The third-order valence-corrected chi connectivity index (χ3v) is 5.43. The standard InChI is InChI=1S/C17H24N4O3S2/c1-4-5-10-18-15(23)21(24)14-17(2,3)26-16(25)20(14)19-11-12-8-6-7-9-13(12)22/h6-9,11,14,22,24H,4-5,10H2,1-3H3,(H,18,23)/b19-11+/t14-/m0/s1. The molecule has 0 spiro atoms. The number of aromatic hydroxyl groups is 1. The lowest BCUT2D eigenvalue weighted by Crippen LogP contribution is -2.55. The lowest BCUT2D eigenvalue weighted by Gasteiger charge is -2.34. The van der Waals surface area contributed by atoms with Gasteiger partial charge in [0, 0.05) is 12.1 Å². The maximum atomic E-state index is 12.3. The molecule has 0 bridgehead atoms. The number of hydrazone groups is 1. The fourth-order valence-corrected chi connectivity index (χ4v) is 4.30. The number of carbonyl (C=O) groups is 1. The number of nitrogens with one attached hydrogen (secondary N) is 1. The number of urea groups is 1. The number of nitrogens with zero attached hydrogens (tertiary/aromatic N) is 3. The van der Waals surface area contributed by atoms with E-state index in [9.17, 15) is 15.1 Å². The molecular formula is C17H24N4O3S2. The van der Waals surface area contributed by atoms with Gasteiger partial charge in [0.05, 0.1) is 11.0 Å². The summed E-state index contributed by atoms with van der Waals surface area (Å²) in [5.41, 5.74) is 0.514. The highest BCUT2D eigenvalue weighted by Crippen LogP contribution is 2.42. The molecule has 1 atom stereocenters. The number of phenolic OH excluding ortho intramolecular Hbond substituents is 1. The van der Waals surface area contributed by atoms with Crippen LogP contribution >= 0.6 is 24.0 Å². The third kappa shape index (κ3) is 4.66. The molecule has 26 heavy (non-hydrogen) atoms. The second-order valence-electron chi connectivity index (χ2n) is 6.42. The van der Waals surface area contributed by atoms with Gasteiger partial charge in [0.2, 0.25) is 0 Å². The van der Waals surface area contributed by atoms with Crippen molar-refractivity contribution < 1.29 is 15.1 Å². The van der Waals surface area contributed by atoms with Gasteiger partial charge >= 0.3 is 6.03 Å². The molecule has 0 aromatic heterocycles. The predicted octanol–water partition coefficient (Wildman–Crippen LogP) is 3.37. The first-order valence-electron chi connectivity index (χ1n) is 8.38. The molecule has 7 nitrogen and oxygen atoms in total. The number of para-hydroxylation sites is 1. The van der Waals surface area contributed by atoms with E-state index in [4.69, 9.17) is 12.2 Å². The van der Waals surface area contributed by atoms with E-state index in [-0.39, 0.29) is 5.75 Å². The van der Waals surface area contributed by atoms with E-state index in [1.807, 2.05) is 20.8 Å². The zero-order chi connectivity index (χ0) is 19.3. The Morgan fingerprint density at radius 2 is 2.19 bits per heavy atom. The van der Waals surface area contributed by atoms with E-state index in [0.29, 0.717) is 21.5 Å². The van der Waals surface area contributed by atoms with Crippen LogP contribution in [0, 0.1) is 0 Å². The molecule has 0 unspecified atom stereocenters. The Labute approximate surface area is 163 Å². The van der Waals surface area contributed by atoms with Crippen LogP contribution in [0.1, 0.15) is 39.2 Å². The summed E-state index contributed by atoms with van der Waals surface area (Å²) < 4.78 is -0.128. The normalized spacial score (nSPS) is 19.2. The molecule has 2 rings (SSSR count). The molecular weight excluding hydrogens is 372 g/mol. The first-order chi connectivity index (χ1) is 12.3. The summed E-state index contributed by atoms with van der Waals surface area (Å²) in [5, 5.41) is 29.4.